The maximum absolute atomic E-state index is 12.6. The van der Waals surface area contributed by atoms with Crippen LogP contribution in [0.15, 0.2) is 24.3 Å². The third-order valence-electron chi connectivity index (χ3n) is 4.42. The molecule has 3 nitrogen and oxygen atoms in total. The van der Waals surface area contributed by atoms with Crippen molar-refractivity contribution in [1.82, 2.24) is 10.2 Å². The number of hydrogen-bond donors (Lipinski definition) is 1. The molecule has 19 heavy (non-hydrogen) atoms. The number of nitrogens with zero attached hydrogens (tertiary/aromatic N) is 1. The fourth-order valence-corrected chi connectivity index (χ4v) is 3.30. The first kappa shape index (κ1) is 12.7. The molecule has 0 saturated carbocycles. The van der Waals surface area contributed by atoms with Gasteiger partial charge in [0, 0.05) is 25.0 Å². The second-order valence-electron chi connectivity index (χ2n) is 5.85. The molecule has 1 N–H and O–H groups in total. The molecule has 2 heterocycles. The number of hydrogen-bond acceptors (Lipinski definition) is 2. The molecule has 1 aromatic rings. The average Bonchev–Trinajstić information content (AvgIpc) is 2.46. The second kappa shape index (κ2) is 5.33. The molecule has 0 spiro atoms. The molecule has 2 aliphatic heterocycles. The summed E-state index contributed by atoms with van der Waals surface area (Å²) >= 11 is 0. The van der Waals surface area contributed by atoms with E-state index in [-0.39, 0.29) is 5.92 Å². The fraction of sp³-hybridized carbons (Fsp3) is 0.562. The lowest BCUT2D eigenvalue weighted by Gasteiger charge is -2.34. The lowest BCUT2D eigenvalue weighted by molar-refractivity contribution is -0.137. The van der Waals surface area contributed by atoms with Gasteiger partial charge in [-0.2, -0.15) is 0 Å². The van der Waals surface area contributed by atoms with Gasteiger partial charge < -0.3 is 10.2 Å². The Labute approximate surface area is 115 Å². The highest BCUT2D eigenvalue weighted by Gasteiger charge is 2.30. The first-order valence-electron chi connectivity index (χ1n) is 7.33. The van der Waals surface area contributed by atoms with E-state index in [9.17, 15) is 4.79 Å². The van der Waals surface area contributed by atoms with Crippen molar-refractivity contribution in [2.24, 2.45) is 5.92 Å². The van der Waals surface area contributed by atoms with Crippen molar-refractivity contribution in [3.8, 4) is 0 Å². The smallest absolute Gasteiger partial charge is 0.226 e. The lowest BCUT2D eigenvalue weighted by atomic mass is 9.90. The van der Waals surface area contributed by atoms with Gasteiger partial charge in [0.15, 0.2) is 0 Å². The predicted octanol–water partition coefficient (Wildman–Crippen LogP) is 1.96. The molecule has 2 aliphatic rings. The van der Waals surface area contributed by atoms with Gasteiger partial charge in [-0.25, -0.2) is 0 Å². The Bertz CT molecular complexity index is 472. The molecule has 1 fully saturated rings. The zero-order valence-corrected chi connectivity index (χ0v) is 11.6. The Hall–Kier alpha value is -1.35. The minimum atomic E-state index is 0.224. The predicted molar refractivity (Wildman–Crippen MR) is 75.8 cm³/mol. The topological polar surface area (TPSA) is 32.3 Å². The number of carbonyl (C=O) groups excluding carboxylic acids is 1. The van der Waals surface area contributed by atoms with Crippen molar-refractivity contribution in [2.75, 3.05) is 13.1 Å². The quantitative estimate of drug-likeness (QED) is 0.835. The van der Waals surface area contributed by atoms with E-state index >= 15 is 0 Å². The van der Waals surface area contributed by atoms with Crippen LogP contribution in [0.5, 0.6) is 0 Å². The molecule has 1 amide bonds. The Morgan fingerprint density at radius 3 is 2.89 bits per heavy atom. The van der Waals surface area contributed by atoms with E-state index in [0.29, 0.717) is 11.9 Å². The van der Waals surface area contributed by atoms with Crippen LogP contribution in [0.25, 0.3) is 0 Å². The standard InChI is InChI=1S/C16H22N2O/c1-12-10-14(6-8-17-12)16(19)18-9-7-13-4-2-3-5-15(13)11-18/h2-5,12,14,17H,6-11H2,1H3/t12-,14-/m0/s1. The molecule has 3 heteroatoms. The molecule has 0 aliphatic carbocycles. The second-order valence-corrected chi connectivity index (χ2v) is 5.85. The van der Waals surface area contributed by atoms with E-state index in [0.717, 1.165) is 38.9 Å². The summed E-state index contributed by atoms with van der Waals surface area (Å²) in [7, 11) is 0. The molecule has 102 valence electrons. The highest BCUT2D eigenvalue weighted by Crippen LogP contribution is 2.24. The maximum atomic E-state index is 12.6. The maximum Gasteiger partial charge on any atom is 0.226 e. The summed E-state index contributed by atoms with van der Waals surface area (Å²) in [4.78, 5) is 14.7. The molecule has 1 aromatic carbocycles. The van der Waals surface area contributed by atoms with E-state index in [4.69, 9.17) is 0 Å². The van der Waals surface area contributed by atoms with Crippen LogP contribution in [0.3, 0.4) is 0 Å². The van der Waals surface area contributed by atoms with Gasteiger partial charge in [-0.05, 0) is 43.9 Å². The van der Waals surface area contributed by atoms with Crippen LogP contribution in [0.2, 0.25) is 0 Å². The van der Waals surface area contributed by atoms with Gasteiger partial charge >= 0.3 is 0 Å². The Morgan fingerprint density at radius 1 is 1.32 bits per heavy atom. The van der Waals surface area contributed by atoms with Gasteiger partial charge in [-0.15, -0.1) is 0 Å². The van der Waals surface area contributed by atoms with E-state index in [1.165, 1.54) is 11.1 Å². The number of amides is 1. The van der Waals surface area contributed by atoms with Crippen molar-refractivity contribution >= 4 is 5.91 Å². The van der Waals surface area contributed by atoms with Gasteiger partial charge in [0.25, 0.3) is 0 Å². The first-order valence-corrected chi connectivity index (χ1v) is 7.33. The monoisotopic (exact) mass is 258 g/mol. The zero-order valence-electron chi connectivity index (χ0n) is 11.6. The molecule has 0 radical (unpaired) electrons. The Morgan fingerprint density at radius 2 is 2.11 bits per heavy atom. The lowest BCUT2D eigenvalue weighted by Crippen LogP contribution is -2.45. The van der Waals surface area contributed by atoms with Crippen LogP contribution >= 0.6 is 0 Å². The van der Waals surface area contributed by atoms with E-state index in [1.54, 1.807) is 0 Å². The van der Waals surface area contributed by atoms with Crippen LogP contribution in [0, 0.1) is 5.92 Å². The number of piperidine rings is 1. The first-order chi connectivity index (χ1) is 9.24. The van der Waals surface area contributed by atoms with Crippen LogP contribution in [-0.2, 0) is 17.8 Å². The zero-order chi connectivity index (χ0) is 13.2. The Balaban J connectivity index is 1.69. The SMILES string of the molecule is C[C@H]1C[C@@H](C(=O)N2CCc3ccccc3C2)CCN1. The molecular formula is C16H22N2O. The summed E-state index contributed by atoms with van der Waals surface area (Å²) in [5.74, 6) is 0.587. The number of rotatable bonds is 1. The van der Waals surface area contributed by atoms with E-state index < -0.39 is 0 Å². The summed E-state index contributed by atoms with van der Waals surface area (Å²) < 4.78 is 0. The molecule has 0 bridgehead atoms. The van der Waals surface area contributed by atoms with Crippen LogP contribution in [0.4, 0.5) is 0 Å². The minimum Gasteiger partial charge on any atom is -0.338 e. The van der Waals surface area contributed by atoms with Crippen LogP contribution in [-0.4, -0.2) is 29.9 Å². The number of benzene rings is 1. The average molecular weight is 258 g/mol. The van der Waals surface area contributed by atoms with Crippen LogP contribution in [0.1, 0.15) is 30.9 Å². The molecule has 0 aromatic heterocycles. The summed E-state index contributed by atoms with van der Waals surface area (Å²) in [6, 6.07) is 8.97. The normalized spacial score (nSPS) is 26.9. The van der Waals surface area contributed by atoms with E-state index in [1.807, 2.05) is 0 Å². The molecule has 3 rings (SSSR count). The van der Waals surface area contributed by atoms with Crippen LogP contribution < -0.4 is 5.32 Å². The molecule has 2 atom stereocenters. The number of fused-ring (bicyclic) bond motifs is 1. The minimum absolute atomic E-state index is 0.224. The summed E-state index contributed by atoms with van der Waals surface area (Å²) in [5, 5.41) is 3.41. The fourth-order valence-electron chi connectivity index (χ4n) is 3.30. The van der Waals surface area contributed by atoms with Crippen molar-refractivity contribution in [2.45, 2.75) is 38.8 Å². The number of nitrogens with one attached hydrogen (secondary N) is 1. The van der Waals surface area contributed by atoms with Crippen molar-refractivity contribution < 1.29 is 4.79 Å². The third-order valence-corrected chi connectivity index (χ3v) is 4.42. The summed E-state index contributed by atoms with van der Waals surface area (Å²) in [5.41, 5.74) is 2.73. The van der Waals surface area contributed by atoms with Gasteiger partial charge in [0.05, 0.1) is 0 Å². The molecule has 0 unspecified atom stereocenters. The van der Waals surface area contributed by atoms with Crippen molar-refractivity contribution in [3.05, 3.63) is 35.4 Å². The number of carbonyl (C=O) groups is 1. The van der Waals surface area contributed by atoms with Gasteiger partial charge in [-0.1, -0.05) is 24.3 Å². The third kappa shape index (κ3) is 2.66. The van der Waals surface area contributed by atoms with E-state index in [2.05, 4.69) is 41.4 Å². The van der Waals surface area contributed by atoms with Gasteiger partial charge in [-0.3, -0.25) is 4.79 Å². The van der Waals surface area contributed by atoms with Crippen molar-refractivity contribution in [1.29, 1.82) is 0 Å². The van der Waals surface area contributed by atoms with Gasteiger partial charge in [0.1, 0.15) is 0 Å². The largest absolute Gasteiger partial charge is 0.338 e. The molecular weight excluding hydrogens is 236 g/mol. The van der Waals surface area contributed by atoms with Gasteiger partial charge in [0.2, 0.25) is 5.91 Å². The van der Waals surface area contributed by atoms with Crippen molar-refractivity contribution in [3.63, 3.8) is 0 Å². The molecule has 1 saturated heterocycles. The highest BCUT2D eigenvalue weighted by atomic mass is 16.2. The summed E-state index contributed by atoms with van der Waals surface area (Å²) in [6.45, 7) is 4.83. The Kier molecular flexibility index (Phi) is 3.56. The highest BCUT2D eigenvalue weighted by molar-refractivity contribution is 5.79. The summed E-state index contributed by atoms with van der Waals surface area (Å²) in [6.07, 6.45) is 2.97.